The average molecular weight is 683 g/mol. The van der Waals surface area contributed by atoms with Crippen molar-refractivity contribution in [2.24, 2.45) is 4.99 Å². The van der Waals surface area contributed by atoms with Gasteiger partial charge in [0, 0.05) is 60.3 Å². The predicted octanol–water partition coefficient (Wildman–Crippen LogP) is 4.47. The van der Waals surface area contributed by atoms with Crippen molar-refractivity contribution < 1.29 is 54.5 Å². The van der Waals surface area contributed by atoms with E-state index in [1.54, 1.807) is 38.1 Å². The minimum absolute atomic E-state index is 0.0318. The fraction of sp³-hybridized carbons (Fsp3) is 0.286. The molecular weight excluding hydrogens is 653 g/mol. The molecule has 242 valence electrons. The first kappa shape index (κ1) is 34.3. The maximum atomic E-state index is 12.3. The van der Waals surface area contributed by atoms with Crippen LogP contribution in [-0.2, 0) is 34.5 Å². The van der Waals surface area contributed by atoms with Crippen molar-refractivity contribution in [3.63, 3.8) is 0 Å². The molecule has 2 aromatic rings. The maximum absolute atomic E-state index is 12.3. The van der Waals surface area contributed by atoms with Gasteiger partial charge >= 0.3 is 5.97 Å². The number of benzene rings is 3. The summed E-state index contributed by atoms with van der Waals surface area (Å²) < 4.78 is 75.6. The fourth-order valence-corrected chi connectivity index (χ4v) is 5.83. The van der Waals surface area contributed by atoms with Gasteiger partial charge in [-0.3, -0.25) is 14.1 Å². The van der Waals surface area contributed by atoms with Gasteiger partial charge in [0.1, 0.15) is 11.3 Å². The van der Waals surface area contributed by atoms with E-state index in [-0.39, 0.29) is 30.7 Å². The molecule has 14 nitrogen and oxygen atoms in total. The summed E-state index contributed by atoms with van der Waals surface area (Å²) in [6, 6.07) is 10.0. The first-order chi connectivity index (χ1) is 21.2. The number of nitrogens with zero attached hydrogens (tertiary/aromatic N) is 1. The van der Waals surface area contributed by atoms with Crippen LogP contribution < -0.4 is 10.7 Å². The van der Waals surface area contributed by atoms with E-state index in [4.69, 9.17) is 13.9 Å². The van der Waals surface area contributed by atoms with Crippen molar-refractivity contribution in [3.8, 4) is 22.5 Å². The van der Waals surface area contributed by atoms with Crippen LogP contribution in [-0.4, -0.2) is 62.5 Å². The van der Waals surface area contributed by atoms with E-state index < -0.39 is 36.9 Å². The summed E-state index contributed by atoms with van der Waals surface area (Å²) in [6.45, 7) is 4.31. The molecule has 0 aromatic heterocycles. The molecule has 2 aliphatic rings. The standard InChI is InChI=1S/C28H30N2O12S3/c1-16-11-21-25(14-23(16)29-7-3-9-39-41-42-43)40-26-15-24(30-8-4-10-44(33,34)35)17(2)12-22(26)27(21)20-13-18(45(36,37)38)5-6-19(20)28(31)32/h5-6,11-15,30,43H,3-4,7-10H2,1-2H3,(H,31,32)(H,33,34,35)(H,36,37,38). The third-order valence-corrected chi connectivity index (χ3v) is 8.53. The van der Waals surface area contributed by atoms with Gasteiger partial charge in [-0.1, -0.05) is 5.04 Å². The molecule has 1 aliphatic heterocycles. The summed E-state index contributed by atoms with van der Waals surface area (Å²) in [5.41, 5.74) is 2.91. The van der Waals surface area contributed by atoms with E-state index in [0.29, 0.717) is 63.0 Å². The highest BCUT2D eigenvalue weighted by atomic mass is 32.2. The van der Waals surface area contributed by atoms with Crippen LogP contribution in [0.2, 0.25) is 0 Å². The van der Waals surface area contributed by atoms with Crippen molar-refractivity contribution in [1.29, 1.82) is 0 Å². The number of carboxylic acids is 1. The van der Waals surface area contributed by atoms with Crippen molar-refractivity contribution in [3.05, 3.63) is 64.5 Å². The minimum atomic E-state index is -4.69. The van der Waals surface area contributed by atoms with Gasteiger partial charge in [0.15, 0.2) is 0 Å². The lowest BCUT2D eigenvalue weighted by Gasteiger charge is -2.20. The Kier molecular flexibility index (Phi) is 10.9. The smallest absolute Gasteiger partial charge is 0.336 e. The Labute approximate surface area is 264 Å². The molecule has 2 aromatic carbocycles. The Morgan fingerprint density at radius 2 is 1.76 bits per heavy atom. The number of hydrogen-bond acceptors (Lipinski definition) is 12. The Bertz CT molecular complexity index is 1990. The number of carboxylic acid groups (broad SMARTS) is 1. The SMILES string of the molecule is Cc1cc2c(-c3cc(S(=O)(=O)O)ccc3C(=O)O)c3cc(C)c(=NCCCOOOS)cc-3oc2cc1NCCCS(=O)(=O)O. The number of thiol groups is 1. The van der Waals surface area contributed by atoms with Gasteiger partial charge in [0.25, 0.3) is 20.2 Å². The van der Waals surface area contributed by atoms with Gasteiger partial charge in [-0.15, -0.1) is 4.33 Å². The lowest BCUT2D eigenvalue weighted by molar-refractivity contribution is -0.458. The van der Waals surface area contributed by atoms with Crippen LogP contribution in [0.5, 0.6) is 0 Å². The van der Waals surface area contributed by atoms with Gasteiger partial charge in [-0.05, 0) is 73.7 Å². The van der Waals surface area contributed by atoms with Crippen LogP contribution in [0.3, 0.4) is 0 Å². The molecule has 1 heterocycles. The minimum Gasteiger partial charge on any atom is -0.478 e. The molecule has 0 fully saturated rings. The molecule has 1 aliphatic carbocycles. The van der Waals surface area contributed by atoms with Gasteiger partial charge in [0.2, 0.25) is 0 Å². The second-order valence-electron chi connectivity index (χ2n) is 10.0. The van der Waals surface area contributed by atoms with Gasteiger partial charge in [-0.2, -0.15) is 16.8 Å². The second-order valence-corrected chi connectivity index (χ2v) is 13.2. The molecule has 0 amide bonds. The summed E-state index contributed by atoms with van der Waals surface area (Å²) in [4.78, 5) is 21.2. The molecule has 0 bridgehead atoms. The lowest BCUT2D eigenvalue weighted by atomic mass is 9.89. The van der Waals surface area contributed by atoms with Gasteiger partial charge < -0.3 is 14.8 Å². The van der Waals surface area contributed by atoms with E-state index in [0.717, 1.165) is 18.2 Å². The fourth-order valence-electron chi connectivity index (χ4n) is 4.77. The highest BCUT2D eigenvalue weighted by molar-refractivity contribution is 7.86. The van der Waals surface area contributed by atoms with E-state index in [2.05, 4.69) is 32.6 Å². The van der Waals surface area contributed by atoms with E-state index in [1.165, 1.54) is 0 Å². The molecule has 0 radical (unpaired) electrons. The van der Waals surface area contributed by atoms with Crippen LogP contribution in [0.1, 0.15) is 34.3 Å². The van der Waals surface area contributed by atoms with Crippen molar-refractivity contribution in [1.82, 2.24) is 0 Å². The summed E-state index contributed by atoms with van der Waals surface area (Å²) >= 11 is 3.40. The number of hydrogen-bond donors (Lipinski definition) is 5. The summed E-state index contributed by atoms with van der Waals surface area (Å²) in [5, 5.41) is 18.5. The molecule has 0 saturated heterocycles. The molecule has 0 unspecified atom stereocenters. The molecule has 4 rings (SSSR count). The lowest BCUT2D eigenvalue weighted by Crippen LogP contribution is -2.11. The molecule has 45 heavy (non-hydrogen) atoms. The Morgan fingerprint density at radius 1 is 1.00 bits per heavy atom. The quantitative estimate of drug-likeness (QED) is 0.0237. The highest BCUT2D eigenvalue weighted by Gasteiger charge is 2.25. The number of anilines is 1. The first-order valence-electron chi connectivity index (χ1n) is 13.4. The number of rotatable bonds is 14. The highest BCUT2D eigenvalue weighted by Crippen LogP contribution is 2.43. The largest absolute Gasteiger partial charge is 0.478 e. The van der Waals surface area contributed by atoms with Gasteiger partial charge in [-0.25, -0.2) is 9.68 Å². The van der Waals surface area contributed by atoms with E-state index >= 15 is 0 Å². The Hall–Kier alpha value is -3.55. The molecule has 0 atom stereocenters. The van der Waals surface area contributed by atoms with Crippen LogP contribution in [0, 0.1) is 13.8 Å². The van der Waals surface area contributed by atoms with Crippen molar-refractivity contribution in [2.45, 2.75) is 31.6 Å². The van der Waals surface area contributed by atoms with Crippen LogP contribution in [0.25, 0.3) is 33.4 Å². The zero-order valence-corrected chi connectivity index (χ0v) is 26.5. The summed E-state index contributed by atoms with van der Waals surface area (Å²) in [7, 11) is -8.81. The topological polar surface area (TPSA) is 211 Å². The van der Waals surface area contributed by atoms with Crippen LogP contribution in [0.15, 0.2) is 56.8 Å². The van der Waals surface area contributed by atoms with E-state index in [1.807, 2.05) is 0 Å². The van der Waals surface area contributed by atoms with Crippen LogP contribution >= 0.6 is 12.9 Å². The molecule has 4 N–H and O–H groups in total. The first-order valence-corrected chi connectivity index (χ1v) is 16.8. The number of carbonyl (C=O) groups is 1. The van der Waals surface area contributed by atoms with Crippen molar-refractivity contribution >= 4 is 55.8 Å². The van der Waals surface area contributed by atoms with Crippen LogP contribution in [0.4, 0.5) is 5.69 Å². The molecule has 17 heteroatoms. The van der Waals surface area contributed by atoms with Gasteiger partial charge in [0.05, 0.1) is 28.2 Å². The number of fused-ring (bicyclic) bond motifs is 2. The van der Waals surface area contributed by atoms with E-state index in [9.17, 15) is 31.3 Å². The van der Waals surface area contributed by atoms with Crippen molar-refractivity contribution in [2.75, 3.05) is 30.8 Å². The maximum Gasteiger partial charge on any atom is 0.336 e. The number of aryl methyl sites for hydroxylation is 2. The average Bonchev–Trinajstić information content (AvgIpc) is 2.95. The summed E-state index contributed by atoms with van der Waals surface area (Å²) in [6.07, 6.45) is 0.606. The number of nitrogens with one attached hydrogen (secondary N) is 1. The zero-order chi connectivity index (χ0) is 32.9. The third kappa shape index (κ3) is 8.59. The zero-order valence-electron chi connectivity index (χ0n) is 24.0. The Morgan fingerprint density at radius 3 is 2.42 bits per heavy atom. The third-order valence-electron chi connectivity index (χ3n) is 6.81. The molecule has 0 saturated carbocycles. The number of aromatic carboxylic acids is 1. The molecular formula is C28H30N2O12S3. The predicted molar refractivity (Wildman–Crippen MR) is 166 cm³/mol. The normalized spacial score (nSPS) is 12.7. The second kappa shape index (κ2) is 14.3. The Balaban J connectivity index is 1.95. The monoisotopic (exact) mass is 682 g/mol. The summed E-state index contributed by atoms with van der Waals surface area (Å²) in [5.74, 6) is -1.44. The molecule has 0 spiro atoms.